The summed E-state index contributed by atoms with van der Waals surface area (Å²) in [5.74, 6) is 0.322. The Hall–Kier alpha value is -1.10. The van der Waals surface area contributed by atoms with Gasteiger partial charge >= 0.3 is 5.97 Å². The first-order valence-electron chi connectivity index (χ1n) is 4.41. The molecule has 0 aliphatic rings. The van der Waals surface area contributed by atoms with Crippen LogP contribution in [0.5, 0.6) is 5.75 Å². The number of hydrogen-bond donors (Lipinski definition) is 0. The molecule has 0 aromatic carbocycles. The van der Waals surface area contributed by atoms with Crippen molar-refractivity contribution in [3.05, 3.63) is 24.0 Å². The number of alkyl halides is 1. The number of hydrogen-bond acceptors (Lipinski definition) is 4. The molecule has 5 heteroatoms. The zero-order valence-electron chi connectivity index (χ0n) is 8.57. The second-order valence-corrected chi connectivity index (χ2v) is 3.99. The van der Waals surface area contributed by atoms with Crippen molar-refractivity contribution in [1.82, 2.24) is 4.98 Å². The van der Waals surface area contributed by atoms with E-state index in [0.29, 0.717) is 5.75 Å². The molecule has 1 aromatic heterocycles. The van der Waals surface area contributed by atoms with Crippen LogP contribution in [0.3, 0.4) is 0 Å². The van der Waals surface area contributed by atoms with E-state index in [1.54, 1.807) is 18.3 Å². The van der Waals surface area contributed by atoms with Crippen LogP contribution in [-0.2, 0) is 9.53 Å². The Morgan fingerprint density at radius 2 is 2.40 bits per heavy atom. The van der Waals surface area contributed by atoms with Gasteiger partial charge in [-0.05, 0) is 19.1 Å². The lowest BCUT2D eigenvalue weighted by Crippen LogP contribution is -2.23. The molecule has 0 N–H and O–H groups in total. The largest absolute Gasteiger partial charge is 0.490 e. The van der Waals surface area contributed by atoms with E-state index < -0.39 is 4.83 Å². The minimum absolute atomic E-state index is 0.221. The highest BCUT2D eigenvalue weighted by Crippen LogP contribution is 2.15. The summed E-state index contributed by atoms with van der Waals surface area (Å²) in [5, 5.41) is 0. The number of carbonyl (C=O) groups is 1. The van der Waals surface area contributed by atoms with E-state index >= 15 is 0 Å². The molecule has 1 aromatic rings. The maximum absolute atomic E-state index is 11.1. The molecule has 0 radical (unpaired) electrons. The second-order valence-electron chi connectivity index (χ2n) is 2.89. The molecule has 0 aliphatic carbocycles. The van der Waals surface area contributed by atoms with Crippen molar-refractivity contribution in [2.45, 2.75) is 11.8 Å². The van der Waals surface area contributed by atoms with Crippen molar-refractivity contribution in [2.24, 2.45) is 0 Å². The van der Waals surface area contributed by atoms with Gasteiger partial charge in [0.2, 0.25) is 0 Å². The number of halogens is 1. The van der Waals surface area contributed by atoms with Gasteiger partial charge in [0.1, 0.15) is 17.2 Å². The highest BCUT2D eigenvalue weighted by molar-refractivity contribution is 9.10. The molecule has 0 fully saturated rings. The number of aromatic nitrogens is 1. The quantitative estimate of drug-likeness (QED) is 0.619. The number of ether oxygens (including phenoxy) is 2. The van der Waals surface area contributed by atoms with Crippen LogP contribution >= 0.6 is 15.9 Å². The molecule has 0 saturated carbocycles. The molecule has 0 saturated heterocycles. The first-order chi connectivity index (χ1) is 7.15. The van der Waals surface area contributed by atoms with E-state index in [1.165, 1.54) is 7.11 Å². The Balaban J connectivity index is 2.50. The first-order valence-corrected chi connectivity index (χ1v) is 5.33. The summed E-state index contributed by atoms with van der Waals surface area (Å²) < 4.78 is 9.96. The van der Waals surface area contributed by atoms with E-state index in [0.717, 1.165) is 5.69 Å². The number of nitrogens with zero attached hydrogens (tertiary/aromatic N) is 1. The van der Waals surface area contributed by atoms with Crippen LogP contribution in [0, 0.1) is 6.92 Å². The Kier molecular flexibility index (Phi) is 4.55. The van der Waals surface area contributed by atoms with E-state index in [1.807, 2.05) is 6.92 Å². The van der Waals surface area contributed by atoms with Crippen LogP contribution in [0.1, 0.15) is 5.69 Å². The fourth-order valence-electron chi connectivity index (χ4n) is 0.981. The molecule has 1 rings (SSSR count). The van der Waals surface area contributed by atoms with Gasteiger partial charge < -0.3 is 9.47 Å². The standard InChI is InChI=1S/C10H12BrNO3/c1-7-9(4-3-5-12-7)15-6-8(11)10(13)14-2/h3-5,8H,6H2,1-2H3. The summed E-state index contributed by atoms with van der Waals surface area (Å²) >= 11 is 3.17. The molecule has 0 aliphatic heterocycles. The van der Waals surface area contributed by atoms with Gasteiger partial charge in [-0.15, -0.1) is 0 Å². The normalized spacial score (nSPS) is 11.9. The molecule has 0 amide bonds. The fourth-order valence-corrected chi connectivity index (χ4v) is 1.30. The topological polar surface area (TPSA) is 48.4 Å². The van der Waals surface area contributed by atoms with Gasteiger partial charge in [0.15, 0.2) is 0 Å². The average molecular weight is 274 g/mol. The predicted molar refractivity (Wildman–Crippen MR) is 59.2 cm³/mol. The highest BCUT2D eigenvalue weighted by Gasteiger charge is 2.16. The fraction of sp³-hybridized carbons (Fsp3) is 0.400. The van der Waals surface area contributed by atoms with Gasteiger partial charge in [0.25, 0.3) is 0 Å². The molecule has 1 heterocycles. The van der Waals surface area contributed by atoms with Crippen molar-refractivity contribution < 1.29 is 14.3 Å². The number of methoxy groups -OCH3 is 1. The molecule has 0 bridgehead atoms. The summed E-state index contributed by atoms with van der Waals surface area (Å²) in [6.45, 7) is 2.07. The minimum Gasteiger partial charge on any atom is -0.490 e. The van der Waals surface area contributed by atoms with Gasteiger partial charge in [0.05, 0.1) is 12.8 Å². The maximum Gasteiger partial charge on any atom is 0.322 e. The van der Waals surface area contributed by atoms with E-state index in [4.69, 9.17) is 4.74 Å². The number of rotatable bonds is 4. The molecular weight excluding hydrogens is 262 g/mol. The first kappa shape index (κ1) is 12.0. The third kappa shape index (κ3) is 3.51. The average Bonchev–Trinajstić information content (AvgIpc) is 2.26. The van der Waals surface area contributed by atoms with Crippen LogP contribution in [0.4, 0.5) is 0 Å². The summed E-state index contributed by atoms with van der Waals surface area (Å²) in [5.41, 5.74) is 0.794. The third-order valence-corrected chi connectivity index (χ3v) is 2.44. The van der Waals surface area contributed by atoms with E-state index in [-0.39, 0.29) is 12.6 Å². The second kappa shape index (κ2) is 5.70. The predicted octanol–water partition coefficient (Wildman–Crippen LogP) is 1.71. The smallest absolute Gasteiger partial charge is 0.322 e. The lowest BCUT2D eigenvalue weighted by atomic mass is 10.3. The third-order valence-electron chi connectivity index (χ3n) is 1.80. The Morgan fingerprint density at radius 3 is 3.00 bits per heavy atom. The molecular formula is C10H12BrNO3. The van der Waals surface area contributed by atoms with Crippen molar-refractivity contribution >= 4 is 21.9 Å². The summed E-state index contributed by atoms with van der Waals surface area (Å²) in [7, 11) is 1.34. The van der Waals surface area contributed by atoms with Crippen LogP contribution in [0.25, 0.3) is 0 Å². The van der Waals surface area contributed by atoms with Gasteiger partial charge in [-0.1, -0.05) is 15.9 Å². The van der Waals surface area contributed by atoms with E-state index in [9.17, 15) is 4.79 Å². The maximum atomic E-state index is 11.1. The number of carbonyl (C=O) groups excluding carboxylic acids is 1. The molecule has 82 valence electrons. The summed E-state index contributed by atoms with van der Waals surface area (Å²) in [6, 6.07) is 3.59. The Bertz CT molecular complexity index is 343. The zero-order valence-corrected chi connectivity index (χ0v) is 10.2. The summed E-state index contributed by atoms with van der Waals surface area (Å²) in [6.07, 6.45) is 1.69. The molecule has 1 atom stereocenters. The molecule has 4 nitrogen and oxygen atoms in total. The number of esters is 1. The van der Waals surface area contributed by atoms with Crippen LogP contribution in [0.15, 0.2) is 18.3 Å². The monoisotopic (exact) mass is 273 g/mol. The van der Waals surface area contributed by atoms with Gasteiger partial charge in [-0.3, -0.25) is 9.78 Å². The Labute approximate surface area is 96.7 Å². The van der Waals surface area contributed by atoms with Gasteiger partial charge in [-0.2, -0.15) is 0 Å². The van der Waals surface area contributed by atoms with Gasteiger partial charge in [-0.25, -0.2) is 0 Å². The molecule has 15 heavy (non-hydrogen) atoms. The van der Waals surface area contributed by atoms with Crippen molar-refractivity contribution in [3.8, 4) is 5.75 Å². The SMILES string of the molecule is COC(=O)C(Br)COc1cccnc1C. The molecule has 0 spiro atoms. The number of pyridine rings is 1. The van der Waals surface area contributed by atoms with Crippen molar-refractivity contribution in [1.29, 1.82) is 0 Å². The lowest BCUT2D eigenvalue weighted by molar-refractivity contribution is -0.140. The van der Waals surface area contributed by atoms with Crippen LogP contribution < -0.4 is 4.74 Å². The Morgan fingerprint density at radius 1 is 1.67 bits per heavy atom. The van der Waals surface area contributed by atoms with Gasteiger partial charge in [0, 0.05) is 6.20 Å². The van der Waals surface area contributed by atoms with Crippen molar-refractivity contribution in [3.63, 3.8) is 0 Å². The molecule has 1 unspecified atom stereocenters. The van der Waals surface area contributed by atoms with E-state index in [2.05, 4.69) is 25.7 Å². The minimum atomic E-state index is -0.456. The highest BCUT2D eigenvalue weighted by atomic mass is 79.9. The lowest BCUT2D eigenvalue weighted by Gasteiger charge is -2.10. The van der Waals surface area contributed by atoms with Crippen LogP contribution in [0.2, 0.25) is 0 Å². The van der Waals surface area contributed by atoms with Crippen molar-refractivity contribution in [2.75, 3.05) is 13.7 Å². The summed E-state index contributed by atoms with van der Waals surface area (Å²) in [4.78, 5) is 14.7. The number of aryl methyl sites for hydroxylation is 1. The van der Waals surface area contributed by atoms with Crippen LogP contribution in [-0.4, -0.2) is 29.5 Å². The zero-order chi connectivity index (χ0) is 11.3.